The van der Waals surface area contributed by atoms with Gasteiger partial charge in [-0.1, -0.05) is 18.2 Å². The topological polar surface area (TPSA) is 49.4 Å². The van der Waals surface area contributed by atoms with Crippen molar-refractivity contribution in [2.24, 2.45) is 0 Å². The molecule has 2 aromatic rings. The Balaban J connectivity index is 1.53. The number of amides is 1. The Kier molecular flexibility index (Phi) is 4.42. The maximum Gasteiger partial charge on any atom is 0.226 e. The number of benzene rings is 2. The Hall–Kier alpha value is -2.62. The van der Waals surface area contributed by atoms with E-state index in [0.29, 0.717) is 18.5 Å². The number of carbonyl (C=O) groups excluding carboxylic acids is 2. The van der Waals surface area contributed by atoms with Gasteiger partial charge in [-0.2, -0.15) is 0 Å². The highest BCUT2D eigenvalue weighted by Crippen LogP contribution is 2.27. The quantitative estimate of drug-likeness (QED) is 0.862. The van der Waals surface area contributed by atoms with Gasteiger partial charge in [-0.05, 0) is 49.2 Å². The van der Waals surface area contributed by atoms with Crippen molar-refractivity contribution < 1.29 is 9.59 Å². The largest absolute Gasteiger partial charge is 0.370 e. The molecule has 0 saturated heterocycles. The number of carbonyl (C=O) groups is 2. The van der Waals surface area contributed by atoms with Crippen LogP contribution in [0.15, 0.2) is 48.5 Å². The molecule has 0 unspecified atom stereocenters. The van der Waals surface area contributed by atoms with E-state index in [-0.39, 0.29) is 11.7 Å². The van der Waals surface area contributed by atoms with Crippen molar-refractivity contribution >= 4 is 23.1 Å². The molecular formula is C19H20N2O2. The van der Waals surface area contributed by atoms with Crippen LogP contribution in [-0.4, -0.2) is 24.8 Å². The summed E-state index contributed by atoms with van der Waals surface area (Å²) in [4.78, 5) is 25.6. The second kappa shape index (κ2) is 6.65. The van der Waals surface area contributed by atoms with Gasteiger partial charge in [-0.25, -0.2) is 0 Å². The number of fused-ring (bicyclic) bond motifs is 1. The van der Waals surface area contributed by atoms with Gasteiger partial charge in [0.05, 0.1) is 0 Å². The van der Waals surface area contributed by atoms with Crippen molar-refractivity contribution in [3.05, 3.63) is 59.7 Å². The number of hydrogen-bond donors (Lipinski definition) is 1. The van der Waals surface area contributed by atoms with Gasteiger partial charge in [0.2, 0.25) is 5.91 Å². The van der Waals surface area contributed by atoms with Crippen molar-refractivity contribution in [2.45, 2.75) is 19.8 Å². The Morgan fingerprint density at radius 2 is 1.83 bits per heavy atom. The summed E-state index contributed by atoms with van der Waals surface area (Å²) < 4.78 is 0. The SMILES string of the molecule is CC(=O)c1ccc(NC(=O)CCN2CCc3ccccc32)cc1. The van der Waals surface area contributed by atoms with Crippen LogP contribution in [0.2, 0.25) is 0 Å². The van der Waals surface area contributed by atoms with Gasteiger partial charge in [0.1, 0.15) is 0 Å². The van der Waals surface area contributed by atoms with E-state index in [2.05, 4.69) is 28.4 Å². The molecule has 118 valence electrons. The summed E-state index contributed by atoms with van der Waals surface area (Å²) in [6, 6.07) is 15.3. The average molecular weight is 308 g/mol. The highest BCUT2D eigenvalue weighted by atomic mass is 16.1. The minimum absolute atomic E-state index is 0.00930. The van der Waals surface area contributed by atoms with Crippen LogP contribution in [-0.2, 0) is 11.2 Å². The average Bonchev–Trinajstić information content (AvgIpc) is 2.97. The molecule has 1 amide bonds. The van der Waals surface area contributed by atoms with Crippen LogP contribution in [0.25, 0.3) is 0 Å². The smallest absolute Gasteiger partial charge is 0.226 e. The van der Waals surface area contributed by atoms with Crippen LogP contribution in [0.3, 0.4) is 0 Å². The molecule has 0 aliphatic carbocycles. The van der Waals surface area contributed by atoms with Gasteiger partial charge in [-0.15, -0.1) is 0 Å². The van der Waals surface area contributed by atoms with Crippen molar-refractivity contribution in [1.29, 1.82) is 0 Å². The summed E-state index contributed by atoms with van der Waals surface area (Å²) in [5.74, 6) is 0.0144. The minimum atomic E-state index is -0.00930. The molecule has 1 heterocycles. The van der Waals surface area contributed by atoms with Crippen molar-refractivity contribution in [2.75, 3.05) is 23.3 Å². The summed E-state index contributed by atoms with van der Waals surface area (Å²) in [5, 5.41) is 2.88. The van der Waals surface area contributed by atoms with E-state index in [9.17, 15) is 9.59 Å². The summed E-state index contributed by atoms with van der Waals surface area (Å²) in [6.45, 7) is 3.22. The van der Waals surface area contributed by atoms with Crippen LogP contribution in [0, 0.1) is 0 Å². The van der Waals surface area contributed by atoms with Crippen LogP contribution < -0.4 is 10.2 Å². The Morgan fingerprint density at radius 3 is 2.57 bits per heavy atom. The zero-order valence-electron chi connectivity index (χ0n) is 13.2. The molecule has 0 saturated carbocycles. The van der Waals surface area contributed by atoms with E-state index in [1.807, 2.05) is 6.07 Å². The predicted octanol–water partition coefficient (Wildman–Crippen LogP) is 3.28. The number of Topliss-reactive ketones (excluding diaryl/α,β-unsaturated/α-hetero) is 1. The first kappa shape index (κ1) is 15.3. The third-order valence-electron chi connectivity index (χ3n) is 4.17. The summed E-state index contributed by atoms with van der Waals surface area (Å²) in [5.41, 5.74) is 3.97. The first-order chi connectivity index (χ1) is 11.1. The lowest BCUT2D eigenvalue weighted by atomic mass is 10.1. The number of nitrogens with zero attached hydrogens (tertiary/aromatic N) is 1. The normalized spacial score (nSPS) is 12.8. The third-order valence-corrected chi connectivity index (χ3v) is 4.17. The third kappa shape index (κ3) is 3.59. The number of nitrogens with one attached hydrogen (secondary N) is 1. The lowest BCUT2D eigenvalue weighted by Crippen LogP contribution is -2.26. The van der Waals surface area contributed by atoms with Gasteiger partial charge in [0.25, 0.3) is 0 Å². The molecular weight excluding hydrogens is 288 g/mol. The molecule has 0 bridgehead atoms. The molecule has 1 N–H and O–H groups in total. The highest BCUT2D eigenvalue weighted by Gasteiger charge is 2.18. The Morgan fingerprint density at radius 1 is 1.09 bits per heavy atom. The lowest BCUT2D eigenvalue weighted by Gasteiger charge is -2.19. The van der Waals surface area contributed by atoms with Crippen LogP contribution in [0.1, 0.15) is 29.3 Å². The molecule has 0 atom stereocenters. The van der Waals surface area contributed by atoms with E-state index in [0.717, 1.165) is 18.7 Å². The number of anilines is 2. The van der Waals surface area contributed by atoms with Gasteiger partial charge in [-0.3, -0.25) is 9.59 Å². The molecule has 3 rings (SSSR count). The van der Waals surface area contributed by atoms with Crippen LogP contribution in [0.4, 0.5) is 11.4 Å². The minimum Gasteiger partial charge on any atom is -0.370 e. The number of ketones is 1. The number of para-hydroxylation sites is 1. The number of hydrogen-bond acceptors (Lipinski definition) is 3. The van der Waals surface area contributed by atoms with E-state index in [4.69, 9.17) is 0 Å². The molecule has 2 aromatic carbocycles. The zero-order valence-corrected chi connectivity index (χ0v) is 13.2. The van der Waals surface area contributed by atoms with Gasteiger partial charge >= 0.3 is 0 Å². The molecule has 0 spiro atoms. The molecule has 4 heteroatoms. The monoisotopic (exact) mass is 308 g/mol. The molecule has 0 radical (unpaired) electrons. The molecule has 1 aliphatic heterocycles. The van der Waals surface area contributed by atoms with Crippen molar-refractivity contribution in [1.82, 2.24) is 0 Å². The van der Waals surface area contributed by atoms with Crippen molar-refractivity contribution in [3.63, 3.8) is 0 Å². The first-order valence-corrected chi connectivity index (χ1v) is 7.87. The second-order valence-electron chi connectivity index (χ2n) is 5.80. The number of rotatable bonds is 5. The second-order valence-corrected chi connectivity index (χ2v) is 5.80. The van der Waals surface area contributed by atoms with Crippen LogP contribution in [0.5, 0.6) is 0 Å². The fraction of sp³-hybridized carbons (Fsp3) is 0.263. The van der Waals surface area contributed by atoms with E-state index in [1.54, 1.807) is 24.3 Å². The fourth-order valence-electron chi connectivity index (χ4n) is 2.89. The molecule has 1 aliphatic rings. The molecule has 4 nitrogen and oxygen atoms in total. The van der Waals surface area contributed by atoms with Gasteiger partial charge in [0.15, 0.2) is 5.78 Å². The van der Waals surface area contributed by atoms with Crippen molar-refractivity contribution in [3.8, 4) is 0 Å². The maximum absolute atomic E-state index is 12.1. The lowest BCUT2D eigenvalue weighted by molar-refractivity contribution is -0.116. The highest BCUT2D eigenvalue weighted by molar-refractivity contribution is 5.95. The standard InChI is InChI=1S/C19H20N2O2/c1-14(22)15-6-8-17(9-7-15)20-19(23)11-13-21-12-10-16-4-2-3-5-18(16)21/h2-9H,10-13H2,1H3,(H,20,23). The van der Waals surface area contributed by atoms with E-state index < -0.39 is 0 Å². The Bertz CT molecular complexity index is 722. The van der Waals surface area contributed by atoms with Crippen LogP contribution >= 0.6 is 0 Å². The molecule has 23 heavy (non-hydrogen) atoms. The fourth-order valence-corrected chi connectivity index (χ4v) is 2.89. The predicted molar refractivity (Wildman–Crippen MR) is 92.1 cm³/mol. The maximum atomic E-state index is 12.1. The molecule has 0 aromatic heterocycles. The first-order valence-electron chi connectivity index (χ1n) is 7.87. The summed E-state index contributed by atoms with van der Waals surface area (Å²) in [6.07, 6.45) is 1.49. The van der Waals surface area contributed by atoms with E-state index in [1.165, 1.54) is 18.2 Å². The molecule has 0 fully saturated rings. The Labute approximate surface area is 136 Å². The van der Waals surface area contributed by atoms with Gasteiger partial charge in [0, 0.05) is 36.4 Å². The summed E-state index contributed by atoms with van der Waals surface area (Å²) >= 11 is 0. The summed E-state index contributed by atoms with van der Waals surface area (Å²) in [7, 11) is 0. The van der Waals surface area contributed by atoms with E-state index >= 15 is 0 Å². The zero-order chi connectivity index (χ0) is 16.2. The van der Waals surface area contributed by atoms with Gasteiger partial charge < -0.3 is 10.2 Å².